The average molecular weight is 522 g/mol. The molecule has 4 nitrogen and oxygen atoms in total. The van der Waals surface area contributed by atoms with Gasteiger partial charge in [0.2, 0.25) is 0 Å². The molecule has 2 heterocycles. The van der Waals surface area contributed by atoms with Crippen molar-refractivity contribution in [3.8, 4) is 56.4 Å². The smallest absolute Gasteiger partial charge is 0.164 e. The highest BCUT2D eigenvalue weighted by Gasteiger charge is 2.34. The highest BCUT2D eigenvalue weighted by Crippen LogP contribution is 2.50. The molecular formula is C34H24N3OP. The molecule has 186 valence electrons. The van der Waals surface area contributed by atoms with E-state index in [1.165, 1.54) is 0 Å². The molecule has 0 N–H and O–H groups in total. The van der Waals surface area contributed by atoms with E-state index >= 15 is 0 Å². The van der Waals surface area contributed by atoms with E-state index in [2.05, 4.69) is 36.4 Å². The maximum Gasteiger partial charge on any atom is 0.164 e. The molecule has 0 aliphatic carbocycles. The van der Waals surface area contributed by atoms with Crippen molar-refractivity contribution in [3.63, 3.8) is 0 Å². The lowest BCUT2D eigenvalue weighted by molar-refractivity contribution is 0.591. The number of hydrogen-bond acceptors (Lipinski definition) is 4. The fourth-order valence-electron chi connectivity index (χ4n) is 5.27. The number of fused-ring (bicyclic) bond motifs is 3. The van der Waals surface area contributed by atoms with Crippen LogP contribution in [0.2, 0.25) is 0 Å². The second-order valence-corrected chi connectivity index (χ2v) is 12.6. The van der Waals surface area contributed by atoms with Crippen molar-refractivity contribution in [2.45, 2.75) is 0 Å². The lowest BCUT2D eigenvalue weighted by Crippen LogP contribution is -2.08. The summed E-state index contributed by atoms with van der Waals surface area (Å²) in [7, 11) is -2.65. The highest BCUT2D eigenvalue weighted by atomic mass is 31.2. The van der Waals surface area contributed by atoms with Crippen molar-refractivity contribution in [2.75, 3.05) is 6.66 Å². The van der Waals surface area contributed by atoms with Crippen LogP contribution in [0.4, 0.5) is 0 Å². The first-order valence-corrected chi connectivity index (χ1v) is 15.0. The van der Waals surface area contributed by atoms with E-state index in [0.29, 0.717) is 17.5 Å². The Morgan fingerprint density at radius 2 is 0.923 bits per heavy atom. The Bertz CT molecular complexity index is 1840. The van der Waals surface area contributed by atoms with Crippen molar-refractivity contribution >= 4 is 17.8 Å². The van der Waals surface area contributed by atoms with E-state index in [-0.39, 0.29) is 0 Å². The molecule has 1 aliphatic heterocycles. The summed E-state index contributed by atoms with van der Waals surface area (Å²) in [6.07, 6.45) is 0. The van der Waals surface area contributed by atoms with Crippen LogP contribution in [0.15, 0.2) is 127 Å². The predicted octanol–water partition coefficient (Wildman–Crippen LogP) is 7.46. The summed E-state index contributed by atoms with van der Waals surface area (Å²) in [5.74, 6) is 1.87. The molecule has 0 saturated carbocycles. The van der Waals surface area contributed by atoms with Gasteiger partial charge in [-0.15, -0.1) is 0 Å². The van der Waals surface area contributed by atoms with Gasteiger partial charge in [-0.2, -0.15) is 0 Å². The van der Waals surface area contributed by atoms with E-state index in [0.717, 1.165) is 49.6 Å². The van der Waals surface area contributed by atoms with Gasteiger partial charge in [0.25, 0.3) is 0 Å². The van der Waals surface area contributed by atoms with Gasteiger partial charge >= 0.3 is 0 Å². The van der Waals surface area contributed by atoms with Crippen LogP contribution < -0.4 is 10.6 Å². The van der Waals surface area contributed by atoms with Gasteiger partial charge in [0.1, 0.15) is 7.14 Å². The Labute approximate surface area is 227 Å². The van der Waals surface area contributed by atoms with Gasteiger partial charge < -0.3 is 4.57 Å². The fourth-order valence-corrected chi connectivity index (χ4v) is 7.60. The topological polar surface area (TPSA) is 55.7 Å². The molecule has 7 rings (SSSR count). The molecule has 1 aromatic heterocycles. The molecule has 0 amide bonds. The molecule has 0 fully saturated rings. The minimum absolute atomic E-state index is 0.610. The van der Waals surface area contributed by atoms with Crippen molar-refractivity contribution in [1.82, 2.24) is 15.0 Å². The lowest BCUT2D eigenvalue weighted by atomic mass is 9.99. The third kappa shape index (κ3) is 4.10. The van der Waals surface area contributed by atoms with Crippen molar-refractivity contribution in [2.24, 2.45) is 0 Å². The summed E-state index contributed by atoms with van der Waals surface area (Å²) in [5, 5.41) is 1.86. The van der Waals surface area contributed by atoms with Crippen LogP contribution in [0.25, 0.3) is 56.4 Å². The quantitative estimate of drug-likeness (QED) is 0.226. The van der Waals surface area contributed by atoms with Gasteiger partial charge in [-0.1, -0.05) is 115 Å². The molecule has 1 atom stereocenters. The molecule has 0 bridgehead atoms. The van der Waals surface area contributed by atoms with Crippen LogP contribution in [-0.2, 0) is 4.57 Å². The van der Waals surface area contributed by atoms with Gasteiger partial charge in [0.15, 0.2) is 17.5 Å². The van der Waals surface area contributed by atoms with E-state index < -0.39 is 7.14 Å². The molecular weight excluding hydrogens is 497 g/mol. The third-order valence-electron chi connectivity index (χ3n) is 7.26. The van der Waals surface area contributed by atoms with E-state index in [4.69, 9.17) is 15.0 Å². The zero-order chi connectivity index (χ0) is 26.4. The second kappa shape index (κ2) is 9.27. The largest absolute Gasteiger partial charge is 0.314 e. The first-order valence-electron chi connectivity index (χ1n) is 12.9. The average Bonchev–Trinajstić information content (AvgIpc) is 3.24. The van der Waals surface area contributed by atoms with Gasteiger partial charge in [-0.05, 0) is 41.1 Å². The number of hydrogen-bond donors (Lipinski definition) is 0. The molecule has 1 aliphatic rings. The second-order valence-electron chi connectivity index (χ2n) is 9.79. The first kappa shape index (κ1) is 23.5. The maximum atomic E-state index is 13.8. The van der Waals surface area contributed by atoms with Gasteiger partial charge in [0.05, 0.1) is 0 Å². The number of benzene rings is 5. The molecule has 1 unspecified atom stereocenters. The van der Waals surface area contributed by atoms with Crippen LogP contribution in [0.1, 0.15) is 0 Å². The van der Waals surface area contributed by atoms with Gasteiger partial charge in [-0.25, -0.2) is 15.0 Å². The molecule has 0 radical (unpaired) electrons. The van der Waals surface area contributed by atoms with Crippen LogP contribution in [0.5, 0.6) is 0 Å². The summed E-state index contributed by atoms with van der Waals surface area (Å²) in [6, 6.07) is 42.5. The number of aromatic nitrogens is 3. The SMILES string of the molecule is CP1(=O)c2ccccc2-c2ccc(-c3cccc(-c4nc(-c5ccccc5)nc(-c5ccccc5)n4)c3)cc21. The third-order valence-corrected chi connectivity index (χ3v) is 9.86. The maximum absolute atomic E-state index is 13.8. The molecule has 5 aromatic carbocycles. The molecule has 0 saturated heterocycles. The van der Waals surface area contributed by atoms with Crippen LogP contribution in [0.3, 0.4) is 0 Å². The summed E-state index contributed by atoms with van der Waals surface area (Å²) >= 11 is 0. The number of nitrogens with zero attached hydrogens (tertiary/aromatic N) is 3. The van der Waals surface area contributed by atoms with E-state index in [9.17, 15) is 4.57 Å². The highest BCUT2D eigenvalue weighted by molar-refractivity contribution is 7.79. The fraction of sp³-hybridized carbons (Fsp3) is 0.0294. The van der Waals surface area contributed by atoms with Crippen LogP contribution >= 0.6 is 7.14 Å². The zero-order valence-electron chi connectivity index (χ0n) is 21.3. The summed E-state index contributed by atoms with van der Waals surface area (Å²) in [4.78, 5) is 14.6. The first-order chi connectivity index (χ1) is 19.1. The standard InChI is InChI=1S/C34H24N3OP/c1-39(38)30-18-9-8-17-28(30)29-20-19-26(22-31(29)39)25-15-10-16-27(21-25)34-36-32(23-11-4-2-5-12-23)35-33(37-34)24-13-6-3-7-14-24/h2-22H,1H3. The Morgan fingerprint density at radius 1 is 0.436 bits per heavy atom. The van der Waals surface area contributed by atoms with E-state index in [1.807, 2.05) is 97.7 Å². The Morgan fingerprint density at radius 3 is 1.59 bits per heavy atom. The summed E-state index contributed by atoms with van der Waals surface area (Å²) in [6.45, 7) is 1.87. The zero-order valence-corrected chi connectivity index (χ0v) is 22.2. The van der Waals surface area contributed by atoms with Crippen molar-refractivity contribution in [3.05, 3.63) is 127 Å². The molecule has 39 heavy (non-hydrogen) atoms. The predicted molar refractivity (Wildman–Crippen MR) is 160 cm³/mol. The number of rotatable bonds is 4. The Balaban J connectivity index is 1.34. The summed E-state index contributed by atoms with van der Waals surface area (Å²) in [5.41, 5.74) is 6.95. The van der Waals surface area contributed by atoms with Gasteiger partial charge in [-0.3, -0.25) is 0 Å². The van der Waals surface area contributed by atoms with Gasteiger partial charge in [0, 0.05) is 27.3 Å². The molecule has 6 aromatic rings. The van der Waals surface area contributed by atoms with Crippen LogP contribution in [0, 0.1) is 0 Å². The Hall–Kier alpha value is -4.66. The molecule has 0 spiro atoms. The lowest BCUT2D eigenvalue weighted by Gasteiger charge is -2.12. The van der Waals surface area contributed by atoms with Crippen LogP contribution in [-0.4, -0.2) is 21.6 Å². The Kier molecular flexibility index (Phi) is 5.57. The summed E-state index contributed by atoms with van der Waals surface area (Å²) < 4.78 is 13.8. The van der Waals surface area contributed by atoms with Crippen molar-refractivity contribution in [1.29, 1.82) is 0 Å². The molecule has 5 heteroatoms. The minimum atomic E-state index is -2.65. The normalized spacial score (nSPS) is 15.5. The van der Waals surface area contributed by atoms with Crippen molar-refractivity contribution < 1.29 is 4.57 Å². The van der Waals surface area contributed by atoms with E-state index in [1.54, 1.807) is 0 Å². The minimum Gasteiger partial charge on any atom is -0.314 e. The monoisotopic (exact) mass is 521 g/mol.